The molecule has 0 unspecified atom stereocenters. The average molecular weight is 469 g/mol. The van der Waals surface area contributed by atoms with Crippen molar-refractivity contribution in [1.82, 2.24) is 24.5 Å². The summed E-state index contributed by atoms with van der Waals surface area (Å²) in [4.78, 5) is 29.9. The molecule has 0 saturated carbocycles. The van der Waals surface area contributed by atoms with Crippen molar-refractivity contribution >= 4 is 23.2 Å². The summed E-state index contributed by atoms with van der Waals surface area (Å²) < 4.78 is 7.66. The lowest BCUT2D eigenvalue weighted by Crippen LogP contribution is -2.30. The van der Waals surface area contributed by atoms with E-state index in [-0.39, 0.29) is 11.5 Å². The first-order valence-electron chi connectivity index (χ1n) is 10.0. The highest BCUT2D eigenvalue weighted by Gasteiger charge is 2.31. The van der Waals surface area contributed by atoms with Crippen molar-refractivity contribution in [3.8, 4) is 5.75 Å². The molecular weight excluding hydrogens is 448 g/mol. The van der Waals surface area contributed by atoms with Crippen LogP contribution in [0.2, 0.25) is 5.02 Å². The van der Waals surface area contributed by atoms with E-state index in [0.29, 0.717) is 5.02 Å². The maximum Gasteiger partial charge on any atom is 0.296 e. The number of carbonyl (C=O) groups excluding carboxylic acids is 1. The Morgan fingerprint density at radius 1 is 1.27 bits per heavy atom. The zero-order chi connectivity index (χ0) is 23.7. The molecule has 0 radical (unpaired) electrons. The van der Waals surface area contributed by atoms with Gasteiger partial charge in [-0.05, 0) is 24.1 Å². The summed E-state index contributed by atoms with van der Waals surface area (Å²) in [5.74, 6) is -1.73. The van der Waals surface area contributed by atoms with E-state index in [2.05, 4.69) is 20.6 Å². The number of benzene rings is 1. The second-order valence-electron chi connectivity index (χ2n) is 7.65. The van der Waals surface area contributed by atoms with Crippen LogP contribution in [0.15, 0.2) is 58.4 Å². The van der Waals surface area contributed by atoms with Gasteiger partial charge in [0.2, 0.25) is 5.75 Å². The number of carbonyl (C=O) groups is 1. The molecule has 1 aromatic carbocycles. The summed E-state index contributed by atoms with van der Waals surface area (Å²) in [6, 6.07) is 6.89. The molecular formula is C22H21ClN6O4. The van der Waals surface area contributed by atoms with E-state index in [1.54, 1.807) is 16.9 Å². The maximum absolute atomic E-state index is 12.8. The molecule has 3 aromatic heterocycles. The number of amides is 1. The first kappa shape index (κ1) is 22.3. The van der Waals surface area contributed by atoms with Crippen molar-refractivity contribution in [3.05, 3.63) is 87.1 Å². The van der Waals surface area contributed by atoms with Gasteiger partial charge in [0.15, 0.2) is 5.69 Å². The van der Waals surface area contributed by atoms with Gasteiger partial charge in [0.25, 0.3) is 11.5 Å². The van der Waals surface area contributed by atoms with Crippen LogP contribution >= 0.6 is 11.6 Å². The molecule has 1 amide bonds. The van der Waals surface area contributed by atoms with Crippen molar-refractivity contribution in [2.24, 2.45) is 7.05 Å². The SMILES string of the molecule is Cc1cnn([C@@H](c2ccccc2Cl)[C@@H](C)c2nc(C(=O)Nc3cnoc3)c(O)c(=O)n2C)c1. The van der Waals surface area contributed by atoms with Crippen molar-refractivity contribution in [3.63, 3.8) is 0 Å². The Morgan fingerprint density at radius 3 is 2.67 bits per heavy atom. The monoisotopic (exact) mass is 468 g/mol. The summed E-state index contributed by atoms with van der Waals surface area (Å²) in [6.07, 6.45) is 6.08. The summed E-state index contributed by atoms with van der Waals surface area (Å²) in [5.41, 5.74) is 0.818. The topological polar surface area (TPSA) is 128 Å². The minimum atomic E-state index is -0.772. The van der Waals surface area contributed by atoms with Crippen LogP contribution in [0, 0.1) is 6.92 Å². The third kappa shape index (κ3) is 4.24. The van der Waals surface area contributed by atoms with Crippen LogP contribution in [-0.2, 0) is 7.05 Å². The van der Waals surface area contributed by atoms with E-state index < -0.39 is 34.9 Å². The first-order valence-corrected chi connectivity index (χ1v) is 10.4. The minimum absolute atomic E-state index is 0.262. The fourth-order valence-electron chi connectivity index (χ4n) is 3.71. The molecule has 11 heteroatoms. The number of rotatable bonds is 6. The Hall–Kier alpha value is -3.92. The molecule has 0 fully saturated rings. The van der Waals surface area contributed by atoms with Gasteiger partial charge in [-0.25, -0.2) is 4.98 Å². The number of aromatic nitrogens is 5. The number of nitrogens with zero attached hydrogens (tertiary/aromatic N) is 5. The van der Waals surface area contributed by atoms with Crippen molar-refractivity contribution in [2.45, 2.75) is 25.8 Å². The lowest BCUT2D eigenvalue weighted by atomic mass is 9.93. The second kappa shape index (κ2) is 8.91. The number of anilines is 1. The Balaban J connectivity index is 1.83. The molecule has 10 nitrogen and oxygen atoms in total. The number of halogens is 1. The molecule has 0 aliphatic carbocycles. The fraction of sp³-hybridized carbons (Fsp3) is 0.227. The van der Waals surface area contributed by atoms with E-state index in [4.69, 9.17) is 16.1 Å². The van der Waals surface area contributed by atoms with Gasteiger partial charge in [-0.1, -0.05) is 41.9 Å². The van der Waals surface area contributed by atoms with Gasteiger partial charge in [0.1, 0.15) is 17.8 Å². The van der Waals surface area contributed by atoms with Crippen LogP contribution in [0.4, 0.5) is 5.69 Å². The van der Waals surface area contributed by atoms with Crippen LogP contribution in [-0.4, -0.2) is 35.5 Å². The number of hydrogen-bond donors (Lipinski definition) is 2. The second-order valence-corrected chi connectivity index (χ2v) is 8.06. The summed E-state index contributed by atoms with van der Waals surface area (Å²) in [5, 5.41) is 21.3. The van der Waals surface area contributed by atoms with Crippen molar-refractivity contribution in [1.29, 1.82) is 0 Å². The zero-order valence-corrected chi connectivity index (χ0v) is 18.8. The fourth-order valence-corrected chi connectivity index (χ4v) is 3.96. The van der Waals surface area contributed by atoms with E-state index in [0.717, 1.165) is 11.1 Å². The molecule has 4 aromatic rings. The van der Waals surface area contributed by atoms with E-state index >= 15 is 0 Å². The van der Waals surface area contributed by atoms with Gasteiger partial charge in [0, 0.05) is 24.2 Å². The first-order chi connectivity index (χ1) is 15.8. The Labute approximate surface area is 193 Å². The van der Waals surface area contributed by atoms with Crippen LogP contribution in [0.5, 0.6) is 5.75 Å². The van der Waals surface area contributed by atoms with Gasteiger partial charge < -0.3 is 14.9 Å². The van der Waals surface area contributed by atoms with Gasteiger partial charge in [-0.15, -0.1) is 0 Å². The number of hydrogen-bond acceptors (Lipinski definition) is 7. The average Bonchev–Trinajstić information content (AvgIpc) is 3.45. The number of aromatic hydroxyl groups is 1. The number of aryl methyl sites for hydroxylation is 1. The van der Waals surface area contributed by atoms with Gasteiger partial charge in [-0.3, -0.25) is 18.8 Å². The van der Waals surface area contributed by atoms with Crippen molar-refractivity contribution < 1.29 is 14.4 Å². The predicted octanol–water partition coefficient (Wildman–Crippen LogP) is 3.28. The molecule has 33 heavy (non-hydrogen) atoms. The molecule has 0 aliphatic heterocycles. The Kier molecular flexibility index (Phi) is 6.01. The smallest absolute Gasteiger partial charge is 0.296 e. The third-order valence-corrected chi connectivity index (χ3v) is 5.67. The normalized spacial score (nSPS) is 13.0. The van der Waals surface area contributed by atoms with E-state index in [1.165, 1.54) is 24.1 Å². The molecule has 4 rings (SSSR count). The van der Waals surface area contributed by atoms with Crippen LogP contribution in [0.3, 0.4) is 0 Å². The molecule has 0 bridgehead atoms. The van der Waals surface area contributed by atoms with Crippen LogP contribution in [0.1, 0.15) is 46.3 Å². The Bertz CT molecular complexity index is 1360. The largest absolute Gasteiger partial charge is 0.501 e. The summed E-state index contributed by atoms with van der Waals surface area (Å²) in [7, 11) is 1.49. The highest BCUT2D eigenvalue weighted by Crippen LogP contribution is 2.36. The van der Waals surface area contributed by atoms with Crippen molar-refractivity contribution in [2.75, 3.05) is 5.32 Å². The molecule has 2 atom stereocenters. The third-order valence-electron chi connectivity index (χ3n) is 5.33. The molecule has 0 saturated heterocycles. The van der Waals surface area contributed by atoms with Gasteiger partial charge in [-0.2, -0.15) is 5.10 Å². The van der Waals surface area contributed by atoms with Gasteiger partial charge in [0.05, 0.1) is 18.4 Å². The Morgan fingerprint density at radius 2 is 2.03 bits per heavy atom. The molecule has 0 aliphatic rings. The maximum atomic E-state index is 12.8. The molecule has 2 N–H and O–H groups in total. The summed E-state index contributed by atoms with van der Waals surface area (Å²) >= 11 is 6.52. The predicted molar refractivity (Wildman–Crippen MR) is 121 cm³/mol. The molecule has 170 valence electrons. The van der Waals surface area contributed by atoms with E-state index in [1.807, 2.05) is 38.2 Å². The van der Waals surface area contributed by atoms with Gasteiger partial charge >= 0.3 is 0 Å². The molecule has 0 spiro atoms. The summed E-state index contributed by atoms with van der Waals surface area (Å²) in [6.45, 7) is 3.77. The van der Waals surface area contributed by atoms with Crippen LogP contribution < -0.4 is 10.9 Å². The highest BCUT2D eigenvalue weighted by molar-refractivity contribution is 6.31. The quantitative estimate of drug-likeness (QED) is 0.444. The highest BCUT2D eigenvalue weighted by atomic mass is 35.5. The van der Waals surface area contributed by atoms with E-state index in [9.17, 15) is 14.7 Å². The minimum Gasteiger partial charge on any atom is -0.501 e. The van der Waals surface area contributed by atoms with Crippen LogP contribution in [0.25, 0.3) is 0 Å². The zero-order valence-electron chi connectivity index (χ0n) is 18.1. The lowest BCUT2D eigenvalue weighted by Gasteiger charge is -2.27. The molecule has 3 heterocycles. The standard InChI is InChI=1S/C22H21ClN6O4/c1-12-8-24-29(10-12)18(15-6-4-5-7-16(15)23)13(2)20-27-17(19(30)22(32)28(20)3)21(31)26-14-9-25-33-11-14/h4-11,13,18,30H,1-3H3,(H,26,31)/t13-,18-/m1/s1. The number of nitrogens with one attached hydrogen (secondary N) is 1. The lowest BCUT2D eigenvalue weighted by molar-refractivity contribution is 0.101.